The summed E-state index contributed by atoms with van der Waals surface area (Å²) in [5, 5.41) is 0. The van der Waals surface area contributed by atoms with Crippen LogP contribution >= 0.6 is 0 Å². The molecule has 7 fully saturated rings. The third-order valence-electron chi connectivity index (χ3n) is 8.47. The molecular weight excluding hydrogens is 264 g/mol. The molecule has 0 nitrogen and oxygen atoms in total. The molecule has 0 spiro atoms. The minimum Gasteiger partial charge on any atom is -0.120 e. The average molecular weight is 284 g/mol. The van der Waals surface area contributed by atoms with Gasteiger partial charge in [-0.1, -0.05) is 23.7 Å². The molecule has 4 unspecified atom stereocenters. The predicted octanol–water partition coefficient (Wildman–Crippen LogP) is 3.34. The Morgan fingerprint density at radius 3 is 1.09 bits per heavy atom. The molecular formula is C22H20. The molecule has 0 aromatic carbocycles. The first-order valence-corrected chi connectivity index (χ1v) is 8.44. The molecule has 0 amide bonds. The number of rotatable bonds is 0. The second-order valence-electron chi connectivity index (χ2n) is 8.81. The highest BCUT2D eigenvalue weighted by Gasteiger charge is 2.79. The zero-order valence-electron chi connectivity index (χ0n) is 12.9. The Hall–Kier alpha value is -1.76. The first-order valence-electron chi connectivity index (χ1n) is 8.44. The van der Waals surface area contributed by atoms with E-state index in [0.29, 0.717) is 23.7 Å². The third-order valence-corrected chi connectivity index (χ3v) is 8.47. The van der Waals surface area contributed by atoms with Crippen molar-refractivity contribution >= 4 is 0 Å². The van der Waals surface area contributed by atoms with Crippen molar-refractivity contribution in [1.29, 1.82) is 0 Å². The summed E-state index contributed by atoms with van der Waals surface area (Å²) in [6.07, 6.45) is 30.6. The van der Waals surface area contributed by atoms with Crippen LogP contribution in [0.3, 0.4) is 0 Å². The lowest BCUT2D eigenvalue weighted by molar-refractivity contribution is -0.285. The standard InChI is InChI=1S/C22H20/c1-5-19-9-15-17-11-20(6-2)12-18(21(17,7-3)13-19)16(10-19)22(15,8-4)14-20/h1-4,15-18H,9-14H2. The Morgan fingerprint density at radius 2 is 0.864 bits per heavy atom. The molecule has 8 bridgehead atoms. The van der Waals surface area contributed by atoms with Crippen LogP contribution in [0.25, 0.3) is 0 Å². The van der Waals surface area contributed by atoms with Crippen LogP contribution in [0.4, 0.5) is 0 Å². The molecule has 7 aliphatic carbocycles. The minimum atomic E-state index is -0.0284. The van der Waals surface area contributed by atoms with Crippen molar-refractivity contribution < 1.29 is 0 Å². The summed E-state index contributed by atoms with van der Waals surface area (Å²) in [5.41, 5.74) is -0.0519. The van der Waals surface area contributed by atoms with E-state index in [1.54, 1.807) is 0 Å². The van der Waals surface area contributed by atoms with E-state index in [1.807, 2.05) is 0 Å². The quantitative estimate of drug-likeness (QED) is 0.599. The smallest absolute Gasteiger partial charge is 0.0390 e. The van der Waals surface area contributed by atoms with Crippen LogP contribution in [0.5, 0.6) is 0 Å². The molecule has 0 heteroatoms. The summed E-state index contributed by atoms with van der Waals surface area (Å²) in [7, 11) is 0. The van der Waals surface area contributed by atoms with Gasteiger partial charge in [0.25, 0.3) is 0 Å². The van der Waals surface area contributed by atoms with E-state index in [9.17, 15) is 0 Å². The van der Waals surface area contributed by atoms with Gasteiger partial charge < -0.3 is 0 Å². The topological polar surface area (TPSA) is 0 Å². The maximum atomic E-state index is 6.14. The molecule has 4 atom stereocenters. The lowest BCUT2D eigenvalue weighted by Crippen LogP contribution is -2.75. The molecule has 7 aliphatic rings. The fourth-order valence-corrected chi connectivity index (χ4v) is 7.93. The van der Waals surface area contributed by atoms with Gasteiger partial charge in [-0.2, -0.15) is 0 Å². The average Bonchev–Trinajstić information content (AvgIpc) is 2.58. The lowest BCUT2D eigenvalue weighted by Gasteiger charge is -2.79. The number of hydrogen-bond donors (Lipinski definition) is 0. The van der Waals surface area contributed by atoms with Gasteiger partial charge in [0.15, 0.2) is 0 Å². The summed E-state index contributed by atoms with van der Waals surface area (Å²) >= 11 is 0. The second-order valence-corrected chi connectivity index (χ2v) is 8.81. The molecule has 0 aliphatic heterocycles. The fourth-order valence-electron chi connectivity index (χ4n) is 7.93. The summed E-state index contributed by atoms with van der Waals surface area (Å²) in [6, 6.07) is 0. The van der Waals surface area contributed by atoms with Crippen LogP contribution < -0.4 is 0 Å². The van der Waals surface area contributed by atoms with Crippen molar-refractivity contribution in [3.05, 3.63) is 0 Å². The minimum absolute atomic E-state index is 0.00252. The zero-order chi connectivity index (χ0) is 15.4. The Kier molecular flexibility index (Phi) is 1.90. The maximum Gasteiger partial charge on any atom is 0.0390 e. The van der Waals surface area contributed by atoms with Crippen molar-refractivity contribution in [3.63, 3.8) is 0 Å². The van der Waals surface area contributed by atoms with Gasteiger partial charge in [0.1, 0.15) is 0 Å². The van der Waals surface area contributed by atoms with Crippen LogP contribution in [-0.4, -0.2) is 0 Å². The monoisotopic (exact) mass is 284 g/mol. The predicted molar refractivity (Wildman–Crippen MR) is 86.7 cm³/mol. The van der Waals surface area contributed by atoms with E-state index in [-0.39, 0.29) is 21.7 Å². The summed E-state index contributed by atoms with van der Waals surface area (Å²) in [4.78, 5) is 0. The Labute approximate surface area is 133 Å². The van der Waals surface area contributed by atoms with E-state index in [1.165, 1.54) is 0 Å². The largest absolute Gasteiger partial charge is 0.120 e. The van der Waals surface area contributed by atoms with Gasteiger partial charge in [-0.3, -0.25) is 0 Å². The van der Waals surface area contributed by atoms with Crippen molar-refractivity contribution in [2.24, 2.45) is 45.3 Å². The van der Waals surface area contributed by atoms with Crippen LogP contribution in [-0.2, 0) is 0 Å². The molecule has 0 heterocycles. The van der Waals surface area contributed by atoms with Gasteiger partial charge >= 0.3 is 0 Å². The molecule has 0 N–H and O–H groups in total. The highest BCUT2D eigenvalue weighted by molar-refractivity contribution is 5.41. The summed E-state index contributed by atoms with van der Waals surface area (Å²) in [5.74, 6) is 14.8. The van der Waals surface area contributed by atoms with Crippen LogP contribution in [0.15, 0.2) is 0 Å². The molecule has 7 rings (SSSR count). The Morgan fingerprint density at radius 1 is 0.545 bits per heavy atom. The van der Waals surface area contributed by atoms with Gasteiger partial charge in [0.05, 0.1) is 0 Å². The fraction of sp³-hybridized carbons (Fsp3) is 0.636. The molecule has 7 saturated carbocycles. The summed E-state index contributed by atoms with van der Waals surface area (Å²) < 4.78 is 0. The van der Waals surface area contributed by atoms with Crippen molar-refractivity contribution in [2.75, 3.05) is 0 Å². The van der Waals surface area contributed by atoms with Crippen LogP contribution in [0.1, 0.15) is 38.5 Å². The zero-order valence-corrected chi connectivity index (χ0v) is 12.9. The number of terminal acetylenes is 4. The van der Waals surface area contributed by atoms with Crippen molar-refractivity contribution in [3.8, 4) is 49.4 Å². The van der Waals surface area contributed by atoms with Crippen molar-refractivity contribution in [1.82, 2.24) is 0 Å². The van der Waals surface area contributed by atoms with E-state index in [4.69, 9.17) is 25.7 Å². The van der Waals surface area contributed by atoms with E-state index in [0.717, 1.165) is 38.5 Å². The van der Waals surface area contributed by atoms with Crippen molar-refractivity contribution in [2.45, 2.75) is 38.5 Å². The third kappa shape index (κ3) is 0.984. The normalized spacial score (nSPS) is 62.0. The molecule has 22 heavy (non-hydrogen) atoms. The first kappa shape index (κ1) is 12.8. The molecule has 0 aromatic heterocycles. The molecule has 0 saturated heterocycles. The second kappa shape index (κ2) is 3.27. The van der Waals surface area contributed by atoms with Crippen LogP contribution in [0.2, 0.25) is 0 Å². The Bertz CT molecular complexity index is 662. The maximum absolute atomic E-state index is 6.14. The molecule has 0 aromatic rings. The van der Waals surface area contributed by atoms with E-state index >= 15 is 0 Å². The van der Waals surface area contributed by atoms with Gasteiger partial charge in [-0.15, -0.1) is 25.7 Å². The highest BCUT2D eigenvalue weighted by atomic mass is 14.8. The van der Waals surface area contributed by atoms with Crippen LogP contribution in [0, 0.1) is 94.7 Å². The van der Waals surface area contributed by atoms with E-state index in [2.05, 4.69) is 23.7 Å². The Balaban J connectivity index is 1.80. The lowest BCUT2D eigenvalue weighted by atomic mass is 9.23. The first-order chi connectivity index (χ1) is 10.5. The highest BCUT2D eigenvalue weighted by Crippen LogP contribution is 2.83. The van der Waals surface area contributed by atoms with E-state index < -0.39 is 0 Å². The summed E-state index contributed by atoms with van der Waals surface area (Å²) in [6.45, 7) is 0. The van der Waals surface area contributed by atoms with Gasteiger partial charge in [0.2, 0.25) is 0 Å². The van der Waals surface area contributed by atoms with Gasteiger partial charge in [-0.25, -0.2) is 0 Å². The molecule has 0 radical (unpaired) electrons. The molecule has 108 valence electrons. The van der Waals surface area contributed by atoms with Gasteiger partial charge in [-0.05, 0) is 62.2 Å². The number of hydrogen-bond acceptors (Lipinski definition) is 0. The SMILES string of the molecule is C#CC12CC3C4CC5(C#C)CC(C(C1)C3(C#C)C5)C4(C#C)C2. The van der Waals surface area contributed by atoms with Gasteiger partial charge in [0, 0.05) is 21.7 Å².